The van der Waals surface area contributed by atoms with Crippen LogP contribution in [0.25, 0.3) is 0 Å². The number of β-amino-alcohol motifs (C(OH)–C–C–N with tert-alkyl or cyclic N) is 1. The van der Waals surface area contributed by atoms with Gasteiger partial charge in [-0.2, -0.15) is 0 Å². The van der Waals surface area contributed by atoms with Crippen LogP contribution in [0.2, 0.25) is 0 Å². The number of aliphatic hydroxyl groups excluding tert-OH is 1. The van der Waals surface area contributed by atoms with Crippen molar-refractivity contribution in [3.05, 3.63) is 0 Å². The van der Waals surface area contributed by atoms with Crippen molar-refractivity contribution in [1.29, 1.82) is 0 Å². The molecule has 1 aliphatic carbocycles. The maximum Gasteiger partial charge on any atom is 0.234 e. The van der Waals surface area contributed by atoms with Gasteiger partial charge in [0.05, 0.1) is 12.6 Å². The largest absolute Gasteiger partial charge is 0.392 e. The molecule has 5 heteroatoms. The molecule has 0 radical (unpaired) electrons. The van der Waals surface area contributed by atoms with Gasteiger partial charge in [-0.1, -0.05) is 19.3 Å². The second kappa shape index (κ2) is 7.38. The van der Waals surface area contributed by atoms with E-state index in [1.807, 2.05) is 14.1 Å². The van der Waals surface area contributed by atoms with Crippen LogP contribution in [0.5, 0.6) is 0 Å². The average molecular weight is 283 g/mol. The number of nitrogens with zero attached hydrogens (tertiary/aromatic N) is 2. The number of nitrogens with one attached hydrogen (secondary N) is 1. The molecule has 1 amide bonds. The van der Waals surface area contributed by atoms with Gasteiger partial charge in [0, 0.05) is 25.2 Å². The molecule has 2 unspecified atom stereocenters. The van der Waals surface area contributed by atoms with E-state index in [4.69, 9.17) is 0 Å². The molecule has 2 aliphatic rings. The molecule has 0 aromatic heterocycles. The molecular formula is C15H29N3O2. The molecule has 0 aromatic carbocycles. The fourth-order valence-electron chi connectivity index (χ4n) is 3.47. The Hall–Kier alpha value is -0.650. The number of carbonyl (C=O) groups is 1. The summed E-state index contributed by atoms with van der Waals surface area (Å²) < 4.78 is 0. The SMILES string of the molecule is CN(C)CC1CC(O)CN1CC(=O)NC1CCCCC1. The van der Waals surface area contributed by atoms with Gasteiger partial charge in [0.25, 0.3) is 0 Å². The summed E-state index contributed by atoms with van der Waals surface area (Å²) >= 11 is 0. The van der Waals surface area contributed by atoms with Crippen molar-refractivity contribution < 1.29 is 9.90 Å². The third-order valence-corrected chi connectivity index (χ3v) is 4.40. The normalized spacial score (nSPS) is 29.0. The van der Waals surface area contributed by atoms with Crippen molar-refractivity contribution in [2.24, 2.45) is 0 Å². The lowest BCUT2D eigenvalue weighted by Gasteiger charge is -2.28. The lowest BCUT2D eigenvalue weighted by molar-refractivity contribution is -0.123. The number of likely N-dealkylation sites (tertiary alicyclic amines) is 1. The molecule has 2 atom stereocenters. The Bertz CT molecular complexity index is 316. The Morgan fingerprint density at radius 2 is 2.00 bits per heavy atom. The number of likely N-dealkylation sites (N-methyl/N-ethyl adjacent to an activating group) is 1. The van der Waals surface area contributed by atoms with Gasteiger partial charge >= 0.3 is 0 Å². The van der Waals surface area contributed by atoms with Gasteiger partial charge in [0.1, 0.15) is 0 Å². The first-order valence-corrected chi connectivity index (χ1v) is 7.91. The standard InChI is InChI=1S/C15H29N3O2/c1-17(2)9-13-8-14(19)10-18(13)11-15(20)16-12-6-4-3-5-7-12/h12-14,19H,3-11H2,1-2H3,(H,16,20). The Morgan fingerprint density at radius 1 is 1.30 bits per heavy atom. The van der Waals surface area contributed by atoms with Crippen LogP contribution in [0.15, 0.2) is 0 Å². The fourth-order valence-corrected chi connectivity index (χ4v) is 3.47. The van der Waals surface area contributed by atoms with E-state index in [0.717, 1.165) is 25.8 Å². The zero-order chi connectivity index (χ0) is 14.5. The second-order valence-electron chi connectivity index (χ2n) is 6.64. The van der Waals surface area contributed by atoms with Crippen molar-refractivity contribution >= 4 is 5.91 Å². The van der Waals surface area contributed by atoms with Crippen molar-refractivity contribution in [2.45, 2.75) is 56.7 Å². The van der Waals surface area contributed by atoms with Crippen molar-refractivity contribution in [3.63, 3.8) is 0 Å². The van der Waals surface area contributed by atoms with Gasteiger partial charge in [-0.25, -0.2) is 0 Å². The topological polar surface area (TPSA) is 55.8 Å². The summed E-state index contributed by atoms with van der Waals surface area (Å²) in [6.07, 6.45) is 6.49. The predicted octanol–water partition coefficient (Wildman–Crippen LogP) is 0.432. The highest BCUT2D eigenvalue weighted by Crippen LogP contribution is 2.19. The number of aliphatic hydroxyl groups is 1. The average Bonchev–Trinajstić information content (AvgIpc) is 2.69. The zero-order valence-electron chi connectivity index (χ0n) is 12.8. The maximum absolute atomic E-state index is 12.2. The zero-order valence-corrected chi connectivity index (χ0v) is 12.8. The number of rotatable bonds is 5. The number of hydrogen-bond acceptors (Lipinski definition) is 4. The van der Waals surface area contributed by atoms with Gasteiger partial charge in [-0.05, 0) is 33.4 Å². The van der Waals surface area contributed by atoms with Gasteiger partial charge < -0.3 is 15.3 Å². The molecule has 2 fully saturated rings. The number of carbonyl (C=O) groups excluding carboxylic acids is 1. The van der Waals surface area contributed by atoms with Crippen LogP contribution < -0.4 is 5.32 Å². The van der Waals surface area contributed by atoms with E-state index >= 15 is 0 Å². The van der Waals surface area contributed by atoms with Crippen molar-refractivity contribution in [2.75, 3.05) is 33.7 Å². The monoisotopic (exact) mass is 283 g/mol. The van der Waals surface area contributed by atoms with Gasteiger partial charge in [-0.15, -0.1) is 0 Å². The first-order valence-electron chi connectivity index (χ1n) is 7.91. The molecule has 0 spiro atoms. The minimum Gasteiger partial charge on any atom is -0.392 e. The molecule has 1 saturated carbocycles. The third-order valence-electron chi connectivity index (χ3n) is 4.40. The number of hydrogen-bond donors (Lipinski definition) is 2. The first kappa shape index (κ1) is 15.7. The summed E-state index contributed by atoms with van der Waals surface area (Å²) in [5, 5.41) is 13.0. The lowest BCUT2D eigenvalue weighted by Crippen LogP contribution is -2.46. The molecule has 0 bridgehead atoms. The summed E-state index contributed by atoms with van der Waals surface area (Å²) in [5.74, 6) is 0.120. The summed E-state index contributed by atoms with van der Waals surface area (Å²) in [7, 11) is 4.07. The van der Waals surface area contributed by atoms with Crippen LogP contribution in [0.1, 0.15) is 38.5 Å². The van der Waals surface area contributed by atoms with E-state index in [9.17, 15) is 9.90 Å². The van der Waals surface area contributed by atoms with Crippen LogP contribution >= 0.6 is 0 Å². The minimum absolute atomic E-state index is 0.120. The van der Waals surface area contributed by atoms with Crippen molar-refractivity contribution in [3.8, 4) is 0 Å². The quantitative estimate of drug-likeness (QED) is 0.768. The van der Waals surface area contributed by atoms with Crippen LogP contribution in [0.4, 0.5) is 0 Å². The van der Waals surface area contributed by atoms with E-state index in [2.05, 4.69) is 15.1 Å². The predicted molar refractivity (Wildman–Crippen MR) is 79.6 cm³/mol. The van der Waals surface area contributed by atoms with Crippen LogP contribution in [0.3, 0.4) is 0 Å². The van der Waals surface area contributed by atoms with Crippen molar-refractivity contribution in [1.82, 2.24) is 15.1 Å². The molecule has 2 N–H and O–H groups in total. The van der Waals surface area contributed by atoms with Gasteiger partial charge in [0.15, 0.2) is 0 Å². The maximum atomic E-state index is 12.2. The van der Waals surface area contributed by atoms with Crippen LogP contribution in [0, 0.1) is 0 Å². The molecule has 0 aromatic rings. The highest BCUT2D eigenvalue weighted by Gasteiger charge is 2.32. The third kappa shape index (κ3) is 4.72. The molecule has 116 valence electrons. The summed E-state index contributed by atoms with van der Waals surface area (Å²) in [6.45, 7) is 1.94. The molecule has 5 nitrogen and oxygen atoms in total. The van der Waals surface area contributed by atoms with E-state index in [0.29, 0.717) is 19.1 Å². The molecule has 20 heavy (non-hydrogen) atoms. The Labute approximate surface area is 122 Å². The fraction of sp³-hybridized carbons (Fsp3) is 0.933. The van der Waals surface area contributed by atoms with Gasteiger partial charge in [-0.3, -0.25) is 9.69 Å². The summed E-state index contributed by atoms with van der Waals surface area (Å²) in [6, 6.07) is 0.660. The summed E-state index contributed by atoms with van der Waals surface area (Å²) in [4.78, 5) is 16.4. The first-order chi connectivity index (χ1) is 9.54. The van der Waals surface area contributed by atoms with E-state index < -0.39 is 0 Å². The Balaban J connectivity index is 1.79. The van der Waals surface area contributed by atoms with E-state index in [-0.39, 0.29) is 18.1 Å². The summed E-state index contributed by atoms with van der Waals surface area (Å²) in [5.41, 5.74) is 0. The van der Waals surface area contributed by atoms with Crippen LogP contribution in [-0.2, 0) is 4.79 Å². The minimum atomic E-state index is -0.289. The Morgan fingerprint density at radius 3 is 2.65 bits per heavy atom. The molecular weight excluding hydrogens is 254 g/mol. The second-order valence-corrected chi connectivity index (χ2v) is 6.64. The highest BCUT2D eigenvalue weighted by molar-refractivity contribution is 5.78. The number of amides is 1. The van der Waals surface area contributed by atoms with E-state index in [1.54, 1.807) is 0 Å². The molecule has 2 rings (SSSR count). The highest BCUT2D eigenvalue weighted by atomic mass is 16.3. The Kier molecular flexibility index (Phi) is 5.81. The molecule has 1 aliphatic heterocycles. The smallest absolute Gasteiger partial charge is 0.234 e. The van der Waals surface area contributed by atoms with Gasteiger partial charge in [0.2, 0.25) is 5.91 Å². The van der Waals surface area contributed by atoms with E-state index in [1.165, 1.54) is 19.3 Å². The van der Waals surface area contributed by atoms with Crippen LogP contribution in [-0.4, -0.2) is 72.7 Å². The molecule has 1 saturated heterocycles. The molecule has 1 heterocycles. The lowest BCUT2D eigenvalue weighted by atomic mass is 9.95.